The van der Waals surface area contributed by atoms with Crippen LogP contribution in [0.3, 0.4) is 0 Å². The maximum Gasteiger partial charge on any atom is 0.191 e. The predicted molar refractivity (Wildman–Crippen MR) is 122 cm³/mol. The van der Waals surface area contributed by atoms with E-state index < -0.39 is 0 Å². The van der Waals surface area contributed by atoms with Gasteiger partial charge in [-0.15, -0.1) is 24.0 Å². The number of aliphatic hydroxyl groups excluding tert-OH is 1. The zero-order valence-corrected chi connectivity index (χ0v) is 19.1. The molecule has 0 aromatic heterocycles. The van der Waals surface area contributed by atoms with Gasteiger partial charge in [-0.3, -0.25) is 4.99 Å². The molecule has 3 N–H and O–H groups in total. The summed E-state index contributed by atoms with van der Waals surface area (Å²) in [6.07, 6.45) is 2.72. The second kappa shape index (κ2) is 12.5. The smallest absolute Gasteiger partial charge is 0.191 e. The van der Waals surface area contributed by atoms with Gasteiger partial charge in [-0.25, -0.2) is 0 Å². The lowest BCUT2D eigenvalue weighted by molar-refractivity contribution is 0.127. The molecule has 1 fully saturated rings. The van der Waals surface area contributed by atoms with Crippen molar-refractivity contribution in [1.82, 2.24) is 15.5 Å². The predicted octanol–water partition coefficient (Wildman–Crippen LogP) is 1.73. The Kier molecular flexibility index (Phi) is 11.2. The fourth-order valence-corrected chi connectivity index (χ4v) is 3.34. The van der Waals surface area contributed by atoms with Crippen LogP contribution >= 0.6 is 24.0 Å². The summed E-state index contributed by atoms with van der Waals surface area (Å²) >= 11 is 0. The fraction of sp³-hybridized carbons (Fsp3) is 0.650. The van der Waals surface area contributed by atoms with Crippen molar-refractivity contribution in [3.8, 4) is 0 Å². The zero-order chi connectivity index (χ0) is 18.8. The van der Waals surface area contributed by atoms with E-state index in [4.69, 9.17) is 4.74 Å². The summed E-state index contributed by atoms with van der Waals surface area (Å²) in [4.78, 5) is 6.59. The van der Waals surface area contributed by atoms with Crippen molar-refractivity contribution in [2.45, 2.75) is 25.3 Å². The lowest BCUT2D eigenvalue weighted by Crippen LogP contribution is -2.48. The molecule has 2 unspecified atom stereocenters. The molecule has 1 saturated heterocycles. The summed E-state index contributed by atoms with van der Waals surface area (Å²) in [6.45, 7) is 3.24. The topological polar surface area (TPSA) is 69.1 Å². The van der Waals surface area contributed by atoms with Crippen LogP contribution < -0.4 is 10.6 Å². The number of hydrogen-bond donors (Lipinski definition) is 3. The van der Waals surface area contributed by atoms with Crippen molar-refractivity contribution in [2.75, 3.05) is 54.1 Å². The molecule has 1 aromatic carbocycles. The van der Waals surface area contributed by atoms with Gasteiger partial charge in [0.15, 0.2) is 5.96 Å². The minimum absolute atomic E-state index is 0. The van der Waals surface area contributed by atoms with Gasteiger partial charge in [0.25, 0.3) is 0 Å². The number of ether oxygens (including phenoxy) is 1. The minimum atomic E-state index is 0. The van der Waals surface area contributed by atoms with Crippen LogP contribution in [0.5, 0.6) is 0 Å². The monoisotopic (exact) mass is 490 g/mol. The van der Waals surface area contributed by atoms with E-state index >= 15 is 0 Å². The Balaban J connectivity index is 0.00000364. The highest BCUT2D eigenvalue weighted by Gasteiger charge is 2.34. The Bertz CT molecular complexity index is 548. The minimum Gasteiger partial charge on any atom is -0.396 e. The van der Waals surface area contributed by atoms with Gasteiger partial charge in [0, 0.05) is 44.8 Å². The first-order chi connectivity index (χ1) is 12.6. The first kappa shape index (κ1) is 24.1. The SMILES string of the molecule is CN=C(NCC(Cc1ccccc1)N(C)C)NCC1(CCO)CCOC1.I. The lowest BCUT2D eigenvalue weighted by atomic mass is 9.84. The largest absolute Gasteiger partial charge is 0.396 e. The molecule has 0 aliphatic carbocycles. The highest BCUT2D eigenvalue weighted by molar-refractivity contribution is 14.0. The van der Waals surface area contributed by atoms with Crippen LogP contribution in [0.2, 0.25) is 0 Å². The van der Waals surface area contributed by atoms with E-state index in [1.54, 1.807) is 7.05 Å². The molecule has 27 heavy (non-hydrogen) atoms. The quantitative estimate of drug-likeness (QED) is 0.280. The third-order valence-corrected chi connectivity index (χ3v) is 5.23. The molecule has 2 rings (SSSR count). The van der Waals surface area contributed by atoms with Gasteiger partial charge in [0.1, 0.15) is 0 Å². The van der Waals surface area contributed by atoms with E-state index in [-0.39, 0.29) is 36.0 Å². The number of benzene rings is 1. The molecule has 7 heteroatoms. The number of nitrogens with one attached hydrogen (secondary N) is 2. The van der Waals surface area contributed by atoms with Gasteiger partial charge in [0.2, 0.25) is 0 Å². The lowest BCUT2D eigenvalue weighted by Gasteiger charge is -2.29. The first-order valence-corrected chi connectivity index (χ1v) is 9.42. The molecule has 0 bridgehead atoms. The van der Waals surface area contributed by atoms with Crippen molar-refractivity contribution in [2.24, 2.45) is 10.4 Å². The van der Waals surface area contributed by atoms with Gasteiger partial charge >= 0.3 is 0 Å². The molecule has 0 spiro atoms. The molecular weight excluding hydrogens is 455 g/mol. The molecule has 1 aliphatic heterocycles. The van der Waals surface area contributed by atoms with Gasteiger partial charge < -0.3 is 25.4 Å². The molecule has 1 heterocycles. The number of likely N-dealkylation sites (N-methyl/N-ethyl adjacent to an activating group) is 1. The average molecular weight is 490 g/mol. The summed E-state index contributed by atoms with van der Waals surface area (Å²) in [6, 6.07) is 10.9. The van der Waals surface area contributed by atoms with Gasteiger partial charge in [-0.2, -0.15) is 0 Å². The molecule has 1 aromatic rings. The average Bonchev–Trinajstić information content (AvgIpc) is 3.10. The van der Waals surface area contributed by atoms with E-state index in [1.165, 1.54) is 5.56 Å². The normalized spacial score (nSPS) is 21.0. The van der Waals surface area contributed by atoms with Crippen LogP contribution in [0.15, 0.2) is 35.3 Å². The third-order valence-electron chi connectivity index (χ3n) is 5.23. The Labute approximate surface area is 180 Å². The molecule has 0 amide bonds. The molecule has 0 radical (unpaired) electrons. The van der Waals surface area contributed by atoms with Gasteiger partial charge in [-0.1, -0.05) is 30.3 Å². The van der Waals surface area contributed by atoms with Crippen LogP contribution in [0, 0.1) is 5.41 Å². The number of hydrogen-bond acceptors (Lipinski definition) is 4. The maximum absolute atomic E-state index is 9.36. The van der Waals surface area contributed by atoms with Crippen LogP contribution in [0.1, 0.15) is 18.4 Å². The summed E-state index contributed by atoms with van der Waals surface area (Å²) in [5.41, 5.74) is 1.35. The number of nitrogens with zero attached hydrogens (tertiary/aromatic N) is 2. The Morgan fingerprint density at radius 1 is 1.30 bits per heavy atom. The number of guanidine groups is 1. The van der Waals surface area contributed by atoms with E-state index in [1.807, 2.05) is 6.07 Å². The van der Waals surface area contributed by atoms with Crippen molar-refractivity contribution in [3.05, 3.63) is 35.9 Å². The van der Waals surface area contributed by atoms with E-state index in [0.717, 1.165) is 44.9 Å². The van der Waals surface area contributed by atoms with E-state index in [9.17, 15) is 5.11 Å². The summed E-state index contributed by atoms with van der Waals surface area (Å²) in [7, 11) is 6.01. The van der Waals surface area contributed by atoms with Gasteiger partial charge in [0.05, 0.1) is 6.61 Å². The van der Waals surface area contributed by atoms with E-state index in [2.05, 4.69) is 58.9 Å². The maximum atomic E-state index is 9.36. The number of aliphatic hydroxyl groups is 1. The summed E-state index contributed by atoms with van der Waals surface area (Å²) in [5.74, 6) is 0.800. The molecule has 6 nitrogen and oxygen atoms in total. The highest BCUT2D eigenvalue weighted by Crippen LogP contribution is 2.31. The zero-order valence-electron chi connectivity index (χ0n) is 16.8. The van der Waals surface area contributed by atoms with Crippen LogP contribution in [0.4, 0.5) is 0 Å². The number of rotatable bonds is 9. The number of aliphatic imine (C=N–C) groups is 1. The molecule has 1 aliphatic rings. The highest BCUT2D eigenvalue weighted by atomic mass is 127. The van der Waals surface area contributed by atoms with E-state index in [0.29, 0.717) is 12.6 Å². The standard InChI is InChI=1S/C20H34N4O2.HI/c1-21-19(23-15-20(9-11-25)10-12-26-16-20)22-14-18(24(2)3)13-17-7-5-4-6-8-17;/h4-8,18,25H,9-16H2,1-3H3,(H2,21,22,23);1H. The van der Waals surface area contributed by atoms with Crippen LogP contribution in [-0.4, -0.2) is 76.1 Å². The molecule has 154 valence electrons. The first-order valence-electron chi connectivity index (χ1n) is 9.42. The third kappa shape index (κ3) is 7.93. The Morgan fingerprint density at radius 3 is 2.59 bits per heavy atom. The van der Waals surface area contributed by atoms with Crippen molar-refractivity contribution in [3.63, 3.8) is 0 Å². The molecule has 0 saturated carbocycles. The summed E-state index contributed by atoms with van der Waals surface area (Å²) in [5, 5.41) is 16.2. The summed E-state index contributed by atoms with van der Waals surface area (Å²) < 4.78 is 5.56. The second-order valence-corrected chi connectivity index (χ2v) is 7.39. The Morgan fingerprint density at radius 2 is 2.04 bits per heavy atom. The van der Waals surface area contributed by atoms with Gasteiger partial charge in [-0.05, 0) is 38.9 Å². The second-order valence-electron chi connectivity index (χ2n) is 7.39. The van der Waals surface area contributed by atoms with Crippen molar-refractivity contribution < 1.29 is 9.84 Å². The molecule has 2 atom stereocenters. The van der Waals surface area contributed by atoms with Crippen molar-refractivity contribution >= 4 is 29.9 Å². The van der Waals surface area contributed by atoms with Crippen LogP contribution in [-0.2, 0) is 11.2 Å². The van der Waals surface area contributed by atoms with Crippen molar-refractivity contribution in [1.29, 1.82) is 0 Å². The molecular formula is C20H35IN4O2. The number of halogens is 1. The Hall–Kier alpha value is -0.900. The fourth-order valence-electron chi connectivity index (χ4n) is 3.34. The van der Waals surface area contributed by atoms with Crippen LogP contribution in [0.25, 0.3) is 0 Å².